The Hall–Kier alpha value is -0.880. The predicted molar refractivity (Wildman–Crippen MR) is 109 cm³/mol. The Balaban J connectivity index is 1.87. The van der Waals surface area contributed by atoms with Crippen LogP contribution in [0, 0.1) is 17.8 Å². The van der Waals surface area contributed by atoms with Crippen molar-refractivity contribution < 1.29 is 18.3 Å². The summed E-state index contributed by atoms with van der Waals surface area (Å²) in [4.78, 5) is 10.6. The summed E-state index contributed by atoms with van der Waals surface area (Å²) in [7, 11) is -3.21. The third kappa shape index (κ3) is 7.57. The molecule has 156 valence electrons. The summed E-state index contributed by atoms with van der Waals surface area (Å²) in [5, 5.41) is 8.69. The first-order valence-corrected chi connectivity index (χ1v) is 12.4. The van der Waals surface area contributed by atoms with E-state index >= 15 is 0 Å². The number of fused-ring (bicyclic) bond motifs is 3. The van der Waals surface area contributed by atoms with Gasteiger partial charge in [0.1, 0.15) is 0 Å². The van der Waals surface area contributed by atoms with Crippen LogP contribution in [0.15, 0.2) is 12.2 Å². The molecule has 0 aromatic rings. The molecule has 0 amide bonds. The van der Waals surface area contributed by atoms with Gasteiger partial charge in [0.25, 0.3) is 0 Å². The second-order valence-electron chi connectivity index (χ2n) is 8.35. The standard InChI is InChI=1S/C21H37NO4S/c1-2-3-4-9-16-27(25,26)22-21-18-14-12-17(13-15-18)19(21)10-7-5-6-8-11-20(23)24/h5,7,17-19,21-22H,2-4,6,8-16H2,1H3,(H,23,24). The number of hydrogen-bond donors (Lipinski definition) is 2. The summed E-state index contributed by atoms with van der Waals surface area (Å²) in [5.74, 6) is 0.982. The van der Waals surface area contributed by atoms with Crippen LogP contribution in [0.5, 0.6) is 0 Å². The Bertz CT molecular complexity index is 579. The minimum Gasteiger partial charge on any atom is -0.481 e. The van der Waals surface area contributed by atoms with Crippen molar-refractivity contribution in [2.45, 2.75) is 90.0 Å². The molecule has 5 nitrogen and oxygen atoms in total. The van der Waals surface area contributed by atoms with E-state index in [1.807, 2.05) is 0 Å². The maximum atomic E-state index is 12.6. The Morgan fingerprint density at radius 1 is 1.04 bits per heavy atom. The highest BCUT2D eigenvalue weighted by molar-refractivity contribution is 7.89. The van der Waals surface area contributed by atoms with Crippen LogP contribution in [0.3, 0.4) is 0 Å². The molecule has 0 saturated heterocycles. The van der Waals surface area contributed by atoms with Crippen LogP contribution in [0.2, 0.25) is 0 Å². The number of unbranched alkanes of at least 4 members (excludes halogenated alkanes) is 4. The van der Waals surface area contributed by atoms with Crippen molar-refractivity contribution in [3.63, 3.8) is 0 Å². The second-order valence-corrected chi connectivity index (χ2v) is 10.2. The van der Waals surface area contributed by atoms with Crippen LogP contribution in [-0.4, -0.2) is 31.3 Å². The molecule has 0 aromatic heterocycles. The van der Waals surface area contributed by atoms with Gasteiger partial charge in [0.05, 0.1) is 5.75 Å². The molecule has 3 aliphatic carbocycles. The highest BCUT2D eigenvalue weighted by Gasteiger charge is 2.44. The van der Waals surface area contributed by atoms with E-state index in [2.05, 4.69) is 23.8 Å². The fourth-order valence-electron chi connectivity index (χ4n) is 4.83. The lowest BCUT2D eigenvalue weighted by atomic mass is 9.61. The van der Waals surface area contributed by atoms with Crippen molar-refractivity contribution in [2.75, 3.05) is 5.75 Å². The highest BCUT2D eigenvalue weighted by Crippen LogP contribution is 2.46. The van der Waals surface area contributed by atoms with Crippen LogP contribution in [0.1, 0.15) is 84.0 Å². The maximum absolute atomic E-state index is 12.6. The zero-order chi connectivity index (χ0) is 19.7. The number of nitrogens with one attached hydrogen (secondary N) is 1. The van der Waals surface area contributed by atoms with Gasteiger partial charge in [-0.2, -0.15) is 0 Å². The zero-order valence-electron chi connectivity index (χ0n) is 16.7. The van der Waals surface area contributed by atoms with Crippen molar-refractivity contribution >= 4 is 16.0 Å². The van der Waals surface area contributed by atoms with Gasteiger partial charge in [0.15, 0.2) is 0 Å². The molecule has 3 rings (SSSR count). The van der Waals surface area contributed by atoms with E-state index in [0.717, 1.165) is 51.4 Å². The van der Waals surface area contributed by atoms with Crippen molar-refractivity contribution in [3.05, 3.63) is 12.2 Å². The first kappa shape index (κ1) is 22.4. The number of sulfonamides is 1. The molecular formula is C21H37NO4S. The molecule has 0 aliphatic heterocycles. The van der Waals surface area contributed by atoms with E-state index in [0.29, 0.717) is 24.2 Å². The Morgan fingerprint density at radius 3 is 2.41 bits per heavy atom. The van der Waals surface area contributed by atoms with E-state index in [4.69, 9.17) is 5.11 Å². The number of aliphatic carboxylic acids is 1. The van der Waals surface area contributed by atoms with E-state index in [1.165, 1.54) is 12.8 Å². The maximum Gasteiger partial charge on any atom is 0.303 e. The first-order valence-electron chi connectivity index (χ1n) is 10.8. The Kier molecular flexibility index (Phi) is 9.30. The number of carboxylic acid groups (broad SMARTS) is 1. The van der Waals surface area contributed by atoms with Crippen molar-refractivity contribution in [1.82, 2.24) is 4.72 Å². The van der Waals surface area contributed by atoms with Crippen LogP contribution >= 0.6 is 0 Å². The third-order valence-electron chi connectivity index (χ3n) is 6.31. The minimum atomic E-state index is -3.21. The van der Waals surface area contributed by atoms with Gasteiger partial charge < -0.3 is 5.11 Å². The lowest BCUT2D eigenvalue weighted by Gasteiger charge is -2.48. The normalized spacial score (nSPS) is 28.0. The van der Waals surface area contributed by atoms with E-state index < -0.39 is 16.0 Å². The van der Waals surface area contributed by atoms with Crippen molar-refractivity contribution in [1.29, 1.82) is 0 Å². The summed E-state index contributed by atoms with van der Waals surface area (Å²) in [5.41, 5.74) is 0. The van der Waals surface area contributed by atoms with Gasteiger partial charge in [0.2, 0.25) is 10.0 Å². The molecule has 3 fully saturated rings. The lowest BCUT2D eigenvalue weighted by molar-refractivity contribution is -0.137. The van der Waals surface area contributed by atoms with E-state index in [1.54, 1.807) is 0 Å². The van der Waals surface area contributed by atoms with Gasteiger partial charge >= 0.3 is 5.97 Å². The first-order chi connectivity index (χ1) is 12.9. The van der Waals surface area contributed by atoms with Crippen LogP contribution < -0.4 is 4.72 Å². The van der Waals surface area contributed by atoms with E-state index in [-0.39, 0.29) is 18.2 Å². The van der Waals surface area contributed by atoms with Gasteiger partial charge in [-0.05, 0) is 69.1 Å². The fourth-order valence-corrected chi connectivity index (χ4v) is 6.31. The molecule has 0 aromatic carbocycles. The molecule has 0 radical (unpaired) electrons. The van der Waals surface area contributed by atoms with Crippen LogP contribution in [0.4, 0.5) is 0 Å². The molecule has 2 N–H and O–H groups in total. The number of hydrogen-bond acceptors (Lipinski definition) is 3. The lowest BCUT2D eigenvalue weighted by Crippen LogP contribution is -2.53. The SMILES string of the molecule is CCCCCCS(=O)(=O)NC1C2CCC(CC2)C1CC=CCCCC(=O)O. The summed E-state index contributed by atoms with van der Waals surface area (Å²) in [6.45, 7) is 2.13. The van der Waals surface area contributed by atoms with Crippen molar-refractivity contribution in [3.8, 4) is 0 Å². The topological polar surface area (TPSA) is 83.5 Å². The van der Waals surface area contributed by atoms with Crippen LogP contribution in [0.25, 0.3) is 0 Å². The van der Waals surface area contributed by atoms with E-state index in [9.17, 15) is 13.2 Å². The summed E-state index contributed by atoms with van der Waals surface area (Å²) >= 11 is 0. The molecule has 2 bridgehead atoms. The number of carboxylic acids is 1. The molecule has 3 aliphatic rings. The van der Waals surface area contributed by atoms with Crippen molar-refractivity contribution in [2.24, 2.45) is 17.8 Å². The molecular weight excluding hydrogens is 362 g/mol. The number of carbonyl (C=O) groups is 1. The number of rotatable bonds is 13. The van der Waals surface area contributed by atoms with Gasteiger partial charge in [-0.15, -0.1) is 0 Å². The van der Waals surface area contributed by atoms with Gasteiger partial charge in [-0.1, -0.05) is 38.3 Å². The Morgan fingerprint density at radius 2 is 1.74 bits per heavy atom. The molecule has 2 atom stereocenters. The summed E-state index contributed by atoms with van der Waals surface area (Å²) < 4.78 is 28.2. The molecule has 3 saturated carbocycles. The fraction of sp³-hybridized carbons (Fsp3) is 0.857. The summed E-state index contributed by atoms with van der Waals surface area (Å²) in [6, 6.07) is 0.0809. The largest absolute Gasteiger partial charge is 0.481 e. The van der Waals surface area contributed by atoms with Crippen LogP contribution in [-0.2, 0) is 14.8 Å². The molecule has 0 heterocycles. The van der Waals surface area contributed by atoms with Gasteiger partial charge in [-0.25, -0.2) is 13.1 Å². The molecule has 2 unspecified atom stereocenters. The average molecular weight is 400 g/mol. The smallest absolute Gasteiger partial charge is 0.303 e. The molecule has 0 spiro atoms. The highest BCUT2D eigenvalue weighted by atomic mass is 32.2. The summed E-state index contributed by atoms with van der Waals surface area (Å²) in [6.07, 6.45) is 15.4. The predicted octanol–water partition coefficient (Wildman–Crippen LogP) is 4.49. The monoisotopic (exact) mass is 399 g/mol. The number of allylic oxidation sites excluding steroid dienone is 2. The zero-order valence-corrected chi connectivity index (χ0v) is 17.6. The average Bonchev–Trinajstić information content (AvgIpc) is 2.63. The quantitative estimate of drug-likeness (QED) is 0.353. The Labute approximate surface area is 165 Å². The second kappa shape index (κ2) is 11.2. The molecule has 6 heteroatoms. The molecule has 27 heavy (non-hydrogen) atoms. The third-order valence-corrected chi connectivity index (χ3v) is 7.77. The minimum absolute atomic E-state index is 0.0809. The van der Waals surface area contributed by atoms with Gasteiger partial charge in [-0.3, -0.25) is 4.79 Å². The van der Waals surface area contributed by atoms with Gasteiger partial charge in [0, 0.05) is 12.5 Å².